The number of rotatable bonds is 4. The van der Waals surface area contributed by atoms with Gasteiger partial charge < -0.3 is 14.6 Å². The maximum atomic E-state index is 12.3. The van der Waals surface area contributed by atoms with Gasteiger partial charge in [-0.3, -0.25) is 4.90 Å². The highest BCUT2D eigenvalue weighted by Crippen LogP contribution is 2.32. The lowest BCUT2D eigenvalue weighted by Gasteiger charge is -2.26. The van der Waals surface area contributed by atoms with E-state index in [4.69, 9.17) is 21.1 Å². The Balaban J connectivity index is 2.12. The molecule has 1 saturated heterocycles. The van der Waals surface area contributed by atoms with Crippen LogP contribution in [-0.4, -0.2) is 46.4 Å². The first-order chi connectivity index (χ1) is 12.0. The van der Waals surface area contributed by atoms with Gasteiger partial charge in [-0.05, 0) is 44.4 Å². The number of benzene rings is 1. The molecule has 1 aliphatic heterocycles. The zero-order valence-corrected chi connectivity index (χ0v) is 16.5. The van der Waals surface area contributed by atoms with E-state index in [9.17, 15) is 14.7 Å². The molecule has 2 rings (SSSR count). The molecule has 1 amide bonds. The van der Waals surface area contributed by atoms with Gasteiger partial charge in [0, 0.05) is 6.42 Å². The number of hydrogen-bond acceptors (Lipinski definition) is 4. The number of carboxylic acid groups (broad SMARTS) is 1. The van der Waals surface area contributed by atoms with Crippen molar-refractivity contribution >= 4 is 23.7 Å². The minimum Gasteiger partial charge on any atom is -0.487 e. The number of halogens is 1. The molecule has 1 heterocycles. The third-order valence-electron chi connectivity index (χ3n) is 4.09. The molecule has 0 bridgehead atoms. The van der Waals surface area contributed by atoms with Gasteiger partial charge in [0.2, 0.25) is 0 Å². The molecule has 0 saturated carbocycles. The first-order valence-electron chi connectivity index (χ1n) is 8.66. The fraction of sp³-hybridized carbons (Fsp3) is 0.579. The number of likely N-dealkylation sites (tertiary alicyclic amines) is 1. The van der Waals surface area contributed by atoms with E-state index in [1.807, 2.05) is 12.1 Å². The molecular formula is C19H26ClNO5. The van der Waals surface area contributed by atoms with E-state index in [-0.39, 0.29) is 13.0 Å². The maximum Gasteiger partial charge on any atom is 0.411 e. The van der Waals surface area contributed by atoms with Crippen molar-refractivity contribution in [2.75, 3.05) is 6.54 Å². The van der Waals surface area contributed by atoms with Gasteiger partial charge in [0.15, 0.2) is 0 Å². The van der Waals surface area contributed by atoms with Crippen molar-refractivity contribution in [3.8, 4) is 5.75 Å². The average Bonchev–Trinajstić information content (AvgIpc) is 2.92. The quantitative estimate of drug-likeness (QED) is 0.838. The van der Waals surface area contributed by atoms with Crippen LogP contribution >= 0.6 is 11.6 Å². The van der Waals surface area contributed by atoms with Gasteiger partial charge >= 0.3 is 12.1 Å². The van der Waals surface area contributed by atoms with Gasteiger partial charge in [-0.1, -0.05) is 31.5 Å². The number of hydrogen-bond donors (Lipinski definition) is 1. The summed E-state index contributed by atoms with van der Waals surface area (Å²) >= 11 is 6.29. The van der Waals surface area contributed by atoms with E-state index in [2.05, 4.69) is 13.8 Å². The molecule has 7 heteroatoms. The molecule has 0 spiro atoms. The second-order valence-electron chi connectivity index (χ2n) is 7.81. The normalized spacial score (nSPS) is 20.3. The molecule has 1 aromatic rings. The minimum absolute atomic E-state index is 0.133. The zero-order chi connectivity index (χ0) is 19.6. The van der Waals surface area contributed by atoms with Crippen molar-refractivity contribution in [2.45, 2.75) is 64.7 Å². The molecule has 0 aliphatic carbocycles. The fourth-order valence-electron chi connectivity index (χ4n) is 2.79. The highest BCUT2D eigenvalue weighted by Gasteiger charge is 2.42. The maximum absolute atomic E-state index is 12.3. The summed E-state index contributed by atoms with van der Waals surface area (Å²) in [6.07, 6.45) is -0.945. The smallest absolute Gasteiger partial charge is 0.411 e. The van der Waals surface area contributed by atoms with E-state index in [1.165, 1.54) is 4.90 Å². The summed E-state index contributed by atoms with van der Waals surface area (Å²) in [6, 6.07) is 4.57. The third kappa shape index (κ3) is 5.04. The Morgan fingerprint density at radius 3 is 2.46 bits per heavy atom. The standard InChI is InChI=1S/C19H26ClNO5/c1-11(2)12-6-7-16(14(20)8-12)25-13-9-15(17(22)23)21(10-13)18(24)26-19(3,4)5/h6-8,11,13,15H,9-10H2,1-5H3,(H,22,23)/t13-,15+/m1/s1. The summed E-state index contributed by atoms with van der Waals surface area (Å²) in [6.45, 7) is 9.48. The van der Waals surface area contributed by atoms with Crippen molar-refractivity contribution in [1.29, 1.82) is 0 Å². The molecule has 2 atom stereocenters. The zero-order valence-electron chi connectivity index (χ0n) is 15.8. The van der Waals surface area contributed by atoms with Crippen LogP contribution in [0.4, 0.5) is 4.79 Å². The molecule has 1 N–H and O–H groups in total. The lowest BCUT2D eigenvalue weighted by Crippen LogP contribution is -2.43. The summed E-state index contributed by atoms with van der Waals surface area (Å²) in [5.74, 6) is -0.258. The van der Waals surface area contributed by atoms with Crippen molar-refractivity contribution in [2.24, 2.45) is 0 Å². The first kappa shape index (κ1) is 20.4. The Bertz CT molecular complexity index is 683. The predicted octanol–water partition coefficient (Wildman–Crippen LogP) is 4.30. The van der Waals surface area contributed by atoms with Crippen LogP contribution in [0, 0.1) is 0 Å². The number of ether oxygens (including phenoxy) is 2. The molecule has 26 heavy (non-hydrogen) atoms. The largest absolute Gasteiger partial charge is 0.487 e. The summed E-state index contributed by atoms with van der Waals surface area (Å²) in [7, 11) is 0. The number of carbonyl (C=O) groups excluding carboxylic acids is 1. The van der Waals surface area contributed by atoms with Crippen LogP contribution in [-0.2, 0) is 9.53 Å². The van der Waals surface area contributed by atoms with Gasteiger partial charge in [-0.2, -0.15) is 0 Å². The Morgan fingerprint density at radius 1 is 1.31 bits per heavy atom. The van der Waals surface area contributed by atoms with Crippen LogP contribution in [0.15, 0.2) is 18.2 Å². The summed E-state index contributed by atoms with van der Waals surface area (Å²) in [5, 5.41) is 9.91. The lowest BCUT2D eigenvalue weighted by molar-refractivity contribution is -0.142. The molecule has 1 fully saturated rings. The highest BCUT2D eigenvalue weighted by atomic mass is 35.5. The van der Waals surface area contributed by atoms with Crippen molar-refractivity contribution in [3.05, 3.63) is 28.8 Å². The Hall–Kier alpha value is -1.95. The second-order valence-corrected chi connectivity index (χ2v) is 8.21. The van der Waals surface area contributed by atoms with Crippen molar-refractivity contribution < 1.29 is 24.2 Å². The Kier molecular flexibility index (Phi) is 6.06. The number of amides is 1. The molecule has 0 radical (unpaired) electrons. The number of carboxylic acids is 1. The van der Waals surface area contributed by atoms with Crippen LogP contribution in [0.25, 0.3) is 0 Å². The van der Waals surface area contributed by atoms with E-state index >= 15 is 0 Å². The van der Waals surface area contributed by atoms with Crippen LogP contribution < -0.4 is 4.74 Å². The summed E-state index contributed by atoms with van der Waals surface area (Å²) < 4.78 is 11.2. The molecule has 1 aliphatic rings. The number of aliphatic carboxylic acids is 1. The van der Waals surface area contributed by atoms with Gasteiger partial charge in [0.05, 0.1) is 11.6 Å². The first-order valence-corrected chi connectivity index (χ1v) is 9.04. The van der Waals surface area contributed by atoms with Crippen molar-refractivity contribution in [3.63, 3.8) is 0 Å². The van der Waals surface area contributed by atoms with E-state index in [0.29, 0.717) is 16.7 Å². The molecule has 0 unspecified atom stereocenters. The van der Waals surface area contributed by atoms with E-state index in [0.717, 1.165) is 5.56 Å². The lowest BCUT2D eigenvalue weighted by atomic mass is 10.0. The second kappa shape index (κ2) is 7.74. The van der Waals surface area contributed by atoms with Crippen LogP contribution in [0.2, 0.25) is 5.02 Å². The Labute approximate surface area is 159 Å². The summed E-state index contributed by atoms with van der Waals surface area (Å²) in [5.41, 5.74) is 0.391. The van der Waals surface area contributed by atoms with Gasteiger partial charge in [0.25, 0.3) is 0 Å². The summed E-state index contributed by atoms with van der Waals surface area (Å²) in [4.78, 5) is 25.1. The average molecular weight is 384 g/mol. The van der Waals surface area contributed by atoms with Gasteiger partial charge in [0.1, 0.15) is 23.5 Å². The fourth-order valence-corrected chi connectivity index (χ4v) is 3.02. The van der Waals surface area contributed by atoms with E-state index < -0.39 is 29.8 Å². The molecule has 0 aromatic heterocycles. The van der Waals surface area contributed by atoms with Crippen molar-refractivity contribution in [1.82, 2.24) is 4.90 Å². The minimum atomic E-state index is -1.08. The molecule has 1 aromatic carbocycles. The monoisotopic (exact) mass is 383 g/mol. The van der Waals surface area contributed by atoms with Gasteiger partial charge in [-0.15, -0.1) is 0 Å². The molecular weight excluding hydrogens is 358 g/mol. The van der Waals surface area contributed by atoms with Crippen LogP contribution in [0.1, 0.15) is 52.5 Å². The third-order valence-corrected chi connectivity index (χ3v) is 4.39. The SMILES string of the molecule is CC(C)c1ccc(O[C@@H]2C[C@@H](C(=O)O)N(C(=O)OC(C)(C)C)C2)c(Cl)c1. The Morgan fingerprint density at radius 2 is 1.96 bits per heavy atom. The van der Waals surface area contributed by atoms with Crippen LogP contribution in [0.5, 0.6) is 5.75 Å². The predicted molar refractivity (Wildman–Crippen MR) is 98.9 cm³/mol. The van der Waals surface area contributed by atoms with Crippen LogP contribution in [0.3, 0.4) is 0 Å². The van der Waals surface area contributed by atoms with Gasteiger partial charge in [-0.25, -0.2) is 9.59 Å². The topological polar surface area (TPSA) is 76.1 Å². The highest BCUT2D eigenvalue weighted by molar-refractivity contribution is 6.32. The molecule has 6 nitrogen and oxygen atoms in total. The number of nitrogens with zero attached hydrogens (tertiary/aromatic N) is 1. The van der Waals surface area contributed by atoms with E-state index in [1.54, 1.807) is 26.8 Å². The molecule has 144 valence electrons. The number of carbonyl (C=O) groups is 2.